The van der Waals surface area contributed by atoms with Crippen molar-refractivity contribution < 1.29 is 5.11 Å². The Morgan fingerprint density at radius 1 is 1.25 bits per heavy atom. The van der Waals surface area contributed by atoms with E-state index in [1.807, 2.05) is 13.8 Å². The van der Waals surface area contributed by atoms with Crippen LogP contribution in [0, 0.1) is 0 Å². The Morgan fingerprint density at radius 3 is 2.25 bits per heavy atom. The normalized spacial score (nSPS) is 18.8. The summed E-state index contributed by atoms with van der Waals surface area (Å²) in [7, 11) is 0. The van der Waals surface area contributed by atoms with Crippen molar-refractivity contribution in [3.63, 3.8) is 0 Å². The quantitative estimate of drug-likeness (QED) is 0.643. The first-order chi connectivity index (χ1) is 5.57. The van der Waals surface area contributed by atoms with E-state index in [2.05, 4.69) is 19.2 Å². The van der Waals surface area contributed by atoms with Crippen LogP contribution in [-0.4, -0.2) is 23.3 Å². The minimum atomic E-state index is -0.255. The third kappa shape index (κ3) is 5.56. The Balaban J connectivity index is 3.47. The smallest absolute Gasteiger partial charge is 0.0662 e. The van der Waals surface area contributed by atoms with Gasteiger partial charge in [-0.25, -0.2) is 0 Å². The van der Waals surface area contributed by atoms with Gasteiger partial charge in [0.25, 0.3) is 0 Å². The zero-order valence-corrected chi connectivity index (χ0v) is 8.80. The molecule has 3 atom stereocenters. The molecular formula is C10H23NO. The molecule has 0 aliphatic rings. The minimum Gasteiger partial charge on any atom is -0.392 e. The van der Waals surface area contributed by atoms with Crippen molar-refractivity contribution in [2.24, 2.45) is 0 Å². The van der Waals surface area contributed by atoms with Gasteiger partial charge in [-0.05, 0) is 27.2 Å². The monoisotopic (exact) mass is 173 g/mol. The van der Waals surface area contributed by atoms with Crippen LogP contribution in [0.3, 0.4) is 0 Å². The highest BCUT2D eigenvalue weighted by molar-refractivity contribution is 4.71. The highest BCUT2D eigenvalue weighted by Gasteiger charge is 2.10. The van der Waals surface area contributed by atoms with E-state index in [9.17, 15) is 5.11 Å². The maximum absolute atomic E-state index is 9.23. The van der Waals surface area contributed by atoms with Crippen LogP contribution in [-0.2, 0) is 0 Å². The molecule has 0 aliphatic carbocycles. The third-order valence-electron chi connectivity index (χ3n) is 2.26. The van der Waals surface area contributed by atoms with Gasteiger partial charge in [-0.1, -0.05) is 19.8 Å². The SMILES string of the molecule is CCCCC(C)NC(C)C(C)O. The van der Waals surface area contributed by atoms with Crippen LogP contribution in [0.4, 0.5) is 0 Å². The van der Waals surface area contributed by atoms with Crippen LogP contribution in [0.25, 0.3) is 0 Å². The number of aliphatic hydroxyl groups is 1. The summed E-state index contributed by atoms with van der Waals surface area (Å²) in [5.41, 5.74) is 0. The van der Waals surface area contributed by atoms with Crippen molar-refractivity contribution in [2.75, 3.05) is 0 Å². The van der Waals surface area contributed by atoms with E-state index < -0.39 is 0 Å². The predicted molar refractivity (Wildman–Crippen MR) is 53.3 cm³/mol. The molecule has 0 fully saturated rings. The number of hydrogen-bond donors (Lipinski definition) is 2. The molecule has 2 N–H and O–H groups in total. The molecule has 0 saturated carbocycles. The van der Waals surface area contributed by atoms with Gasteiger partial charge >= 0.3 is 0 Å². The summed E-state index contributed by atoms with van der Waals surface area (Å²) in [5.74, 6) is 0. The number of rotatable bonds is 6. The molecule has 0 spiro atoms. The highest BCUT2D eigenvalue weighted by atomic mass is 16.3. The summed E-state index contributed by atoms with van der Waals surface area (Å²) in [6.07, 6.45) is 3.46. The lowest BCUT2D eigenvalue weighted by Crippen LogP contribution is -2.41. The average Bonchev–Trinajstić information content (AvgIpc) is 2.00. The first-order valence-corrected chi connectivity index (χ1v) is 5.02. The van der Waals surface area contributed by atoms with Gasteiger partial charge in [0.15, 0.2) is 0 Å². The molecule has 0 aromatic rings. The summed E-state index contributed by atoms with van der Waals surface area (Å²) < 4.78 is 0. The molecule has 3 unspecified atom stereocenters. The Bertz CT molecular complexity index is 104. The lowest BCUT2D eigenvalue weighted by molar-refractivity contribution is 0.146. The zero-order chi connectivity index (χ0) is 9.56. The van der Waals surface area contributed by atoms with E-state index in [0.717, 1.165) is 0 Å². The molecule has 12 heavy (non-hydrogen) atoms. The molecule has 0 radical (unpaired) electrons. The summed E-state index contributed by atoms with van der Waals surface area (Å²) in [6.45, 7) is 8.22. The molecule has 0 aliphatic heterocycles. The second-order valence-corrected chi connectivity index (χ2v) is 3.74. The van der Waals surface area contributed by atoms with Gasteiger partial charge in [-0.2, -0.15) is 0 Å². The van der Waals surface area contributed by atoms with E-state index in [4.69, 9.17) is 0 Å². The number of hydrogen-bond acceptors (Lipinski definition) is 2. The first-order valence-electron chi connectivity index (χ1n) is 5.02. The van der Waals surface area contributed by atoms with E-state index >= 15 is 0 Å². The van der Waals surface area contributed by atoms with E-state index in [0.29, 0.717) is 6.04 Å². The summed E-state index contributed by atoms with van der Waals surface area (Å²) in [6, 6.07) is 0.728. The van der Waals surface area contributed by atoms with Crippen LogP contribution in [0.5, 0.6) is 0 Å². The highest BCUT2D eigenvalue weighted by Crippen LogP contribution is 2.02. The molecule has 0 rings (SSSR count). The number of unbranched alkanes of at least 4 members (excludes halogenated alkanes) is 1. The fraction of sp³-hybridized carbons (Fsp3) is 1.00. The van der Waals surface area contributed by atoms with E-state index in [1.165, 1.54) is 19.3 Å². The van der Waals surface area contributed by atoms with Crippen LogP contribution < -0.4 is 5.32 Å². The molecule has 2 nitrogen and oxygen atoms in total. The Morgan fingerprint density at radius 2 is 1.83 bits per heavy atom. The van der Waals surface area contributed by atoms with Gasteiger partial charge in [-0.15, -0.1) is 0 Å². The van der Waals surface area contributed by atoms with Gasteiger partial charge in [0, 0.05) is 12.1 Å². The number of aliphatic hydroxyl groups excluding tert-OH is 1. The van der Waals surface area contributed by atoms with Crippen LogP contribution in [0.15, 0.2) is 0 Å². The van der Waals surface area contributed by atoms with Crippen molar-refractivity contribution >= 4 is 0 Å². The first kappa shape index (κ1) is 11.9. The minimum absolute atomic E-state index is 0.205. The Labute approximate surface area is 76.4 Å². The van der Waals surface area contributed by atoms with Gasteiger partial charge in [0.2, 0.25) is 0 Å². The summed E-state index contributed by atoms with van der Waals surface area (Å²) in [4.78, 5) is 0. The average molecular weight is 173 g/mol. The predicted octanol–water partition coefficient (Wildman–Crippen LogP) is 1.92. The molecule has 2 heteroatoms. The van der Waals surface area contributed by atoms with Crippen molar-refractivity contribution in [2.45, 2.75) is 65.1 Å². The standard InChI is InChI=1S/C10H23NO/c1-5-6-7-8(2)11-9(3)10(4)12/h8-12H,5-7H2,1-4H3. The van der Waals surface area contributed by atoms with Crippen LogP contribution >= 0.6 is 0 Å². The van der Waals surface area contributed by atoms with Gasteiger partial charge < -0.3 is 10.4 Å². The van der Waals surface area contributed by atoms with Gasteiger partial charge in [0.05, 0.1) is 6.10 Å². The van der Waals surface area contributed by atoms with E-state index in [1.54, 1.807) is 0 Å². The lowest BCUT2D eigenvalue weighted by Gasteiger charge is -2.21. The fourth-order valence-corrected chi connectivity index (χ4v) is 1.18. The third-order valence-corrected chi connectivity index (χ3v) is 2.26. The summed E-state index contributed by atoms with van der Waals surface area (Å²) >= 11 is 0. The molecular weight excluding hydrogens is 150 g/mol. The molecule has 0 heterocycles. The maximum atomic E-state index is 9.23. The Kier molecular flexibility index (Phi) is 6.39. The largest absolute Gasteiger partial charge is 0.392 e. The molecule has 0 aromatic heterocycles. The van der Waals surface area contributed by atoms with Crippen LogP contribution in [0.2, 0.25) is 0 Å². The fourth-order valence-electron chi connectivity index (χ4n) is 1.18. The Hall–Kier alpha value is -0.0800. The van der Waals surface area contributed by atoms with Gasteiger partial charge in [0.1, 0.15) is 0 Å². The maximum Gasteiger partial charge on any atom is 0.0662 e. The molecule has 0 saturated heterocycles. The second-order valence-electron chi connectivity index (χ2n) is 3.74. The molecule has 0 bridgehead atoms. The summed E-state index contributed by atoms with van der Waals surface area (Å²) in [5, 5.41) is 12.6. The molecule has 74 valence electrons. The van der Waals surface area contributed by atoms with Crippen molar-refractivity contribution in [3.05, 3.63) is 0 Å². The zero-order valence-electron chi connectivity index (χ0n) is 8.80. The topological polar surface area (TPSA) is 32.3 Å². The second kappa shape index (κ2) is 6.44. The van der Waals surface area contributed by atoms with E-state index in [-0.39, 0.29) is 12.1 Å². The van der Waals surface area contributed by atoms with Crippen LogP contribution in [0.1, 0.15) is 47.0 Å². The van der Waals surface area contributed by atoms with Gasteiger partial charge in [-0.3, -0.25) is 0 Å². The molecule has 0 amide bonds. The number of nitrogens with one attached hydrogen (secondary N) is 1. The lowest BCUT2D eigenvalue weighted by atomic mass is 10.1. The van der Waals surface area contributed by atoms with Crippen molar-refractivity contribution in [1.82, 2.24) is 5.32 Å². The van der Waals surface area contributed by atoms with Crippen molar-refractivity contribution in [3.8, 4) is 0 Å². The van der Waals surface area contributed by atoms with Crippen molar-refractivity contribution in [1.29, 1.82) is 0 Å². The molecule has 0 aromatic carbocycles.